The number of nitrogens with one attached hydrogen (secondary N) is 1. The van der Waals surface area contributed by atoms with Crippen molar-refractivity contribution in [1.29, 1.82) is 5.26 Å². The van der Waals surface area contributed by atoms with E-state index in [2.05, 4.69) is 11.4 Å². The molecule has 0 bridgehead atoms. The molecule has 0 saturated heterocycles. The van der Waals surface area contributed by atoms with Crippen LogP contribution in [0.25, 0.3) is 0 Å². The number of nitrogens with zero attached hydrogens (tertiary/aromatic N) is 1. The van der Waals surface area contributed by atoms with Gasteiger partial charge in [-0.1, -0.05) is 11.6 Å². The van der Waals surface area contributed by atoms with Crippen molar-refractivity contribution in [3.05, 3.63) is 51.9 Å². The van der Waals surface area contributed by atoms with Crippen molar-refractivity contribution < 1.29 is 4.42 Å². The van der Waals surface area contributed by atoms with E-state index < -0.39 is 0 Å². The zero-order valence-corrected chi connectivity index (χ0v) is 10.2. The lowest BCUT2D eigenvalue weighted by Gasteiger charge is -2.06. The average molecular weight is 267 g/mol. The molecule has 0 radical (unpaired) electrons. The molecular weight excluding hydrogens is 259 g/mol. The highest BCUT2D eigenvalue weighted by molar-refractivity contribution is 6.33. The summed E-state index contributed by atoms with van der Waals surface area (Å²) in [7, 11) is 0. The van der Waals surface area contributed by atoms with E-state index in [4.69, 9.17) is 32.9 Å². The average Bonchev–Trinajstić information content (AvgIpc) is 2.74. The predicted octanol–water partition coefficient (Wildman–Crippen LogP) is 4.07. The first-order valence-corrected chi connectivity index (χ1v) is 5.62. The Morgan fingerprint density at radius 2 is 2.06 bits per heavy atom. The van der Waals surface area contributed by atoms with Crippen LogP contribution in [0.4, 0.5) is 5.69 Å². The minimum Gasteiger partial charge on any atom is -0.448 e. The Hall–Kier alpha value is -1.63. The van der Waals surface area contributed by atoms with Gasteiger partial charge in [-0.05, 0) is 41.9 Å². The summed E-state index contributed by atoms with van der Waals surface area (Å²) in [6.45, 7) is 0.460. The van der Waals surface area contributed by atoms with E-state index in [9.17, 15) is 0 Å². The Bertz CT molecular complexity index is 572. The second-order valence-electron chi connectivity index (χ2n) is 3.37. The Morgan fingerprint density at radius 3 is 2.71 bits per heavy atom. The molecular formula is C12H8Cl2N2O. The van der Waals surface area contributed by atoms with Crippen LogP contribution in [0.1, 0.15) is 11.3 Å². The molecule has 1 aromatic heterocycles. The topological polar surface area (TPSA) is 49.0 Å². The highest BCUT2D eigenvalue weighted by Gasteiger charge is 2.04. The Kier molecular flexibility index (Phi) is 3.58. The van der Waals surface area contributed by atoms with Gasteiger partial charge < -0.3 is 9.73 Å². The second-order valence-corrected chi connectivity index (χ2v) is 4.15. The predicted molar refractivity (Wildman–Crippen MR) is 67.2 cm³/mol. The van der Waals surface area contributed by atoms with Gasteiger partial charge in [0.2, 0.25) is 0 Å². The number of furan rings is 1. The lowest BCUT2D eigenvalue weighted by molar-refractivity contribution is 0.520. The van der Waals surface area contributed by atoms with Gasteiger partial charge in [0.05, 0.1) is 28.9 Å². The van der Waals surface area contributed by atoms with E-state index in [-0.39, 0.29) is 0 Å². The van der Waals surface area contributed by atoms with Gasteiger partial charge in [0.25, 0.3) is 0 Å². The summed E-state index contributed by atoms with van der Waals surface area (Å²) in [6.07, 6.45) is 0. The molecule has 86 valence electrons. The summed E-state index contributed by atoms with van der Waals surface area (Å²) in [6, 6.07) is 10.5. The third-order valence-electron chi connectivity index (χ3n) is 2.18. The summed E-state index contributed by atoms with van der Waals surface area (Å²) >= 11 is 11.7. The van der Waals surface area contributed by atoms with Crippen LogP contribution in [0.2, 0.25) is 10.2 Å². The molecule has 0 saturated carbocycles. The van der Waals surface area contributed by atoms with Crippen molar-refractivity contribution >= 4 is 28.9 Å². The number of nitriles is 1. The van der Waals surface area contributed by atoms with Gasteiger partial charge in [-0.2, -0.15) is 5.26 Å². The van der Waals surface area contributed by atoms with Gasteiger partial charge in [0.15, 0.2) is 5.22 Å². The first-order chi connectivity index (χ1) is 8.19. The maximum absolute atomic E-state index is 8.78. The number of hydrogen-bond donors (Lipinski definition) is 1. The lowest BCUT2D eigenvalue weighted by atomic mass is 10.2. The van der Waals surface area contributed by atoms with E-state index >= 15 is 0 Å². The highest BCUT2D eigenvalue weighted by Crippen LogP contribution is 2.24. The number of hydrogen-bond acceptors (Lipinski definition) is 3. The molecule has 0 amide bonds. The molecule has 0 aliphatic carbocycles. The van der Waals surface area contributed by atoms with Crippen LogP contribution in [0, 0.1) is 11.3 Å². The van der Waals surface area contributed by atoms with Gasteiger partial charge in [-0.3, -0.25) is 0 Å². The van der Waals surface area contributed by atoms with Crippen LogP contribution in [-0.4, -0.2) is 0 Å². The van der Waals surface area contributed by atoms with Crippen LogP contribution in [0.5, 0.6) is 0 Å². The SMILES string of the molecule is N#Cc1ccc(Cl)c(NCc2ccc(Cl)o2)c1. The maximum Gasteiger partial charge on any atom is 0.193 e. The van der Waals surface area contributed by atoms with E-state index in [1.807, 2.05) is 0 Å². The van der Waals surface area contributed by atoms with Crippen molar-refractivity contribution in [3.63, 3.8) is 0 Å². The van der Waals surface area contributed by atoms with Crippen LogP contribution in [-0.2, 0) is 6.54 Å². The second kappa shape index (κ2) is 5.13. The van der Waals surface area contributed by atoms with Crippen LogP contribution in [0.15, 0.2) is 34.7 Å². The Balaban J connectivity index is 2.11. The maximum atomic E-state index is 8.78. The minimum atomic E-state index is 0.346. The van der Waals surface area contributed by atoms with Gasteiger partial charge in [0.1, 0.15) is 5.76 Å². The molecule has 0 aliphatic rings. The molecule has 1 heterocycles. The zero-order chi connectivity index (χ0) is 12.3. The molecule has 0 spiro atoms. The lowest BCUT2D eigenvalue weighted by Crippen LogP contribution is -1.99. The fourth-order valence-corrected chi connectivity index (χ4v) is 1.71. The number of rotatable bonds is 3. The monoisotopic (exact) mass is 266 g/mol. The van der Waals surface area contributed by atoms with Crippen LogP contribution in [0.3, 0.4) is 0 Å². The smallest absolute Gasteiger partial charge is 0.193 e. The summed E-state index contributed by atoms with van der Waals surface area (Å²) in [5.41, 5.74) is 1.24. The van der Waals surface area contributed by atoms with Crippen molar-refractivity contribution in [3.8, 4) is 6.07 Å². The first-order valence-electron chi connectivity index (χ1n) is 4.87. The van der Waals surface area contributed by atoms with Crippen molar-refractivity contribution in [2.24, 2.45) is 0 Å². The Labute approximate surface area is 109 Å². The van der Waals surface area contributed by atoms with Gasteiger partial charge in [-0.15, -0.1) is 0 Å². The van der Waals surface area contributed by atoms with Gasteiger partial charge in [0, 0.05) is 0 Å². The molecule has 0 fully saturated rings. The van der Waals surface area contributed by atoms with Gasteiger partial charge in [-0.25, -0.2) is 0 Å². The van der Waals surface area contributed by atoms with E-state index in [0.717, 1.165) is 0 Å². The van der Waals surface area contributed by atoms with Crippen molar-refractivity contribution in [1.82, 2.24) is 0 Å². The molecule has 0 aliphatic heterocycles. The van der Waals surface area contributed by atoms with Gasteiger partial charge >= 0.3 is 0 Å². The molecule has 0 unspecified atom stereocenters. The molecule has 5 heteroatoms. The summed E-state index contributed by atoms with van der Waals surface area (Å²) < 4.78 is 5.20. The molecule has 17 heavy (non-hydrogen) atoms. The standard InChI is InChI=1S/C12H8Cl2N2O/c13-10-3-1-8(6-15)5-11(10)16-7-9-2-4-12(14)17-9/h1-5,16H,7H2. The Morgan fingerprint density at radius 1 is 1.24 bits per heavy atom. The van der Waals surface area contributed by atoms with Crippen molar-refractivity contribution in [2.45, 2.75) is 6.54 Å². The molecule has 2 rings (SSSR count). The summed E-state index contributed by atoms with van der Waals surface area (Å²) in [4.78, 5) is 0. The normalized spacial score (nSPS) is 9.94. The number of halogens is 2. The fourth-order valence-electron chi connectivity index (χ4n) is 1.36. The molecule has 1 N–H and O–H groups in total. The van der Waals surface area contributed by atoms with E-state index in [1.165, 1.54) is 0 Å². The van der Waals surface area contributed by atoms with E-state index in [1.54, 1.807) is 30.3 Å². The summed E-state index contributed by atoms with van der Waals surface area (Å²) in [5, 5.41) is 12.8. The van der Waals surface area contributed by atoms with Crippen LogP contribution < -0.4 is 5.32 Å². The third-order valence-corrected chi connectivity index (χ3v) is 2.71. The van der Waals surface area contributed by atoms with Crippen molar-refractivity contribution in [2.75, 3.05) is 5.32 Å². The highest BCUT2D eigenvalue weighted by atomic mass is 35.5. The first kappa shape index (κ1) is 11.8. The quantitative estimate of drug-likeness (QED) is 0.911. The number of benzene rings is 1. The minimum absolute atomic E-state index is 0.346. The van der Waals surface area contributed by atoms with Crippen LogP contribution >= 0.6 is 23.2 Å². The molecule has 3 nitrogen and oxygen atoms in total. The largest absolute Gasteiger partial charge is 0.448 e. The summed E-state index contributed by atoms with van der Waals surface area (Å²) in [5.74, 6) is 0.702. The number of anilines is 1. The zero-order valence-electron chi connectivity index (χ0n) is 8.71. The molecule has 2 aromatic rings. The molecule has 1 aromatic carbocycles. The third kappa shape index (κ3) is 2.94. The van der Waals surface area contributed by atoms with E-state index in [0.29, 0.717) is 33.8 Å². The fraction of sp³-hybridized carbons (Fsp3) is 0.0833. The molecule has 0 atom stereocenters.